The Hall–Kier alpha value is -0.900. The zero-order chi connectivity index (χ0) is 15.4. The third-order valence-corrected chi connectivity index (χ3v) is 5.31. The number of rotatable bonds is 4. The van der Waals surface area contributed by atoms with E-state index in [-0.39, 0.29) is 0 Å². The molecule has 3 rings (SSSR count). The largest absolute Gasteiger partial charge is 0.304 e. The van der Waals surface area contributed by atoms with Gasteiger partial charge in [0, 0.05) is 39.3 Å². The minimum atomic E-state index is 0.914. The first-order valence-electron chi connectivity index (χ1n) is 8.88. The van der Waals surface area contributed by atoms with E-state index < -0.39 is 0 Å². The molecule has 2 aliphatic rings. The summed E-state index contributed by atoms with van der Waals surface area (Å²) in [5.74, 6) is 0.914. The van der Waals surface area contributed by atoms with Crippen LogP contribution in [0.3, 0.4) is 0 Å². The molecule has 122 valence electrons. The Bertz CT molecular complexity index is 458. The molecule has 0 atom stereocenters. The molecule has 2 saturated heterocycles. The van der Waals surface area contributed by atoms with Gasteiger partial charge < -0.3 is 9.80 Å². The summed E-state index contributed by atoms with van der Waals surface area (Å²) in [6.45, 7) is 12.2. The highest BCUT2D eigenvalue weighted by Crippen LogP contribution is 2.21. The zero-order valence-corrected chi connectivity index (χ0v) is 14.3. The van der Waals surface area contributed by atoms with Crippen LogP contribution in [0.5, 0.6) is 0 Å². The van der Waals surface area contributed by atoms with Crippen LogP contribution in [0.1, 0.15) is 24.0 Å². The molecule has 22 heavy (non-hydrogen) atoms. The van der Waals surface area contributed by atoms with E-state index in [4.69, 9.17) is 0 Å². The second-order valence-corrected chi connectivity index (χ2v) is 7.31. The van der Waals surface area contributed by atoms with E-state index in [1.807, 2.05) is 0 Å². The van der Waals surface area contributed by atoms with E-state index in [2.05, 4.69) is 52.9 Å². The molecular weight excluding hydrogens is 270 g/mol. The minimum Gasteiger partial charge on any atom is -0.304 e. The highest BCUT2D eigenvalue weighted by molar-refractivity contribution is 5.22. The molecule has 2 fully saturated rings. The molecule has 1 aromatic rings. The molecule has 0 unspecified atom stereocenters. The monoisotopic (exact) mass is 301 g/mol. The van der Waals surface area contributed by atoms with Crippen LogP contribution in [0.2, 0.25) is 0 Å². The second kappa shape index (κ2) is 7.58. The van der Waals surface area contributed by atoms with Gasteiger partial charge in [-0.1, -0.05) is 29.8 Å². The van der Waals surface area contributed by atoms with E-state index >= 15 is 0 Å². The Morgan fingerprint density at radius 3 is 2.36 bits per heavy atom. The molecule has 3 nitrogen and oxygen atoms in total. The van der Waals surface area contributed by atoms with Gasteiger partial charge in [-0.05, 0) is 51.4 Å². The standard InChI is InChI=1S/C19H31N3/c1-17-4-3-5-19(14-17)16-21-8-6-18(7-9-21)15-22-12-10-20(2)11-13-22/h3-5,14,18H,6-13,15-16H2,1-2H3. The van der Waals surface area contributed by atoms with Gasteiger partial charge in [-0.2, -0.15) is 0 Å². The van der Waals surface area contributed by atoms with Crippen molar-refractivity contribution in [2.45, 2.75) is 26.3 Å². The second-order valence-electron chi connectivity index (χ2n) is 7.31. The van der Waals surface area contributed by atoms with Crippen molar-refractivity contribution in [3.05, 3.63) is 35.4 Å². The van der Waals surface area contributed by atoms with Gasteiger partial charge in [-0.15, -0.1) is 0 Å². The Morgan fingerprint density at radius 1 is 0.955 bits per heavy atom. The summed E-state index contributed by atoms with van der Waals surface area (Å²) in [6.07, 6.45) is 2.75. The molecule has 0 radical (unpaired) electrons. The van der Waals surface area contributed by atoms with Crippen molar-refractivity contribution in [1.82, 2.24) is 14.7 Å². The van der Waals surface area contributed by atoms with E-state index in [0.29, 0.717) is 0 Å². The number of likely N-dealkylation sites (N-methyl/N-ethyl adjacent to an activating group) is 1. The van der Waals surface area contributed by atoms with E-state index in [0.717, 1.165) is 12.5 Å². The van der Waals surface area contributed by atoms with Crippen LogP contribution in [0.15, 0.2) is 24.3 Å². The number of hydrogen-bond acceptors (Lipinski definition) is 3. The van der Waals surface area contributed by atoms with E-state index in [1.165, 1.54) is 69.8 Å². The van der Waals surface area contributed by atoms with Crippen LogP contribution in [0.25, 0.3) is 0 Å². The average molecular weight is 301 g/mol. The normalized spacial score (nSPS) is 23.0. The van der Waals surface area contributed by atoms with Crippen molar-refractivity contribution in [1.29, 1.82) is 0 Å². The van der Waals surface area contributed by atoms with Crippen molar-refractivity contribution in [2.24, 2.45) is 5.92 Å². The number of hydrogen-bond donors (Lipinski definition) is 0. The molecule has 2 aliphatic heterocycles. The van der Waals surface area contributed by atoms with Crippen molar-refractivity contribution >= 4 is 0 Å². The van der Waals surface area contributed by atoms with Crippen molar-refractivity contribution in [3.8, 4) is 0 Å². The van der Waals surface area contributed by atoms with E-state index in [9.17, 15) is 0 Å². The lowest BCUT2D eigenvalue weighted by Gasteiger charge is -2.38. The molecule has 0 bridgehead atoms. The summed E-state index contributed by atoms with van der Waals surface area (Å²) in [6, 6.07) is 8.97. The molecule has 0 N–H and O–H groups in total. The number of piperazine rings is 1. The summed E-state index contributed by atoms with van der Waals surface area (Å²) in [5.41, 5.74) is 2.85. The highest BCUT2D eigenvalue weighted by Gasteiger charge is 2.23. The summed E-state index contributed by atoms with van der Waals surface area (Å²) in [5, 5.41) is 0. The van der Waals surface area contributed by atoms with Crippen molar-refractivity contribution < 1.29 is 0 Å². The Kier molecular flexibility index (Phi) is 5.51. The molecule has 2 heterocycles. The van der Waals surface area contributed by atoms with Crippen molar-refractivity contribution in [3.63, 3.8) is 0 Å². The number of benzene rings is 1. The number of piperidine rings is 1. The lowest BCUT2D eigenvalue weighted by molar-refractivity contribution is 0.104. The van der Waals surface area contributed by atoms with Crippen molar-refractivity contribution in [2.75, 3.05) is 52.9 Å². The molecular formula is C19H31N3. The maximum Gasteiger partial charge on any atom is 0.0233 e. The first kappa shape index (κ1) is 16.0. The molecule has 3 heteroatoms. The number of nitrogens with zero attached hydrogens (tertiary/aromatic N) is 3. The third kappa shape index (κ3) is 4.55. The molecule has 1 aromatic carbocycles. The first-order valence-corrected chi connectivity index (χ1v) is 8.88. The van der Waals surface area contributed by atoms with Gasteiger partial charge >= 0.3 is 0 Å². The SMILES string of the molecule is Cc1cccc(CN2CCC(CN3CCN(C)CC3)CC2)c1. The van der Waals surface area contributed by atoms with Crippen LogP contribution in [0.4, 0.5) is 0 Å². The first-order chi connectivity index (χ1) is 10.7. The number of aryl methyl sites for hydroxylation is 1. The lowest BCUT2D eigenvalue weighted by atomic mass is 9.95. The Morgan fingerprint density at radius 2 is 1.68 bits per heavy atom. The van der Waals surface area contributed by atoms with Crippen LogP contribution in [0, 0.1) is 12.8 Å². The smallest absolute Gasteiger partial charge is 0.0233 e. The predicted octanol–water partition coefficient (Wildman–Crippen LogP) is 2.45. The molecule has 0 amide bonds. The third-order valence-electron chi connectivity index (χ3n) is 5.31. The fourth-order valence-electron chi connectivity index (χ4n) is 3.79. The number of likely N-dealkylation sites (tertiary alicyclic amines) is 1. The van der Waals surface area contributed by atoms with Crippen LogP contribution >= 0.6 is 0 Å². The van der Waals surface area contributed by atoms with Gasteiger partial charge in [0.2, 0.25) is 0 Å². The topological polar surface area (TPSA) is 9.72 Å². The van der Waals surface area contributed by atoms with Gasteiger partial charge in [0.05, 0.1) is 0 Å². The van der Waals surface area contributed by atoms with Gasteiger partial charge in [-0.3, -0.25) is 4.90 Å². The summed E-state index contributed by atoms with van der Waals surface area (Å²) >= 11 is 0. The van der Waals surface area contributed by atoms with E-state index in [1.54, 1.807) is 0 Å². The van der Waals surface area contributed by atoms with Crippen LogP contribution in [-0.2, 0) is 6.54 Å². The fourth-order valence-corrected chi connectivity index (χ4v) is 3.79. The zero-order valence-electron chi connectivity index (χ0n) is 14.3. The van der Waals surface area contributed by atoms with Crippen LogP contribution < -0.4 is 0 Å². The van der Waals surface area contributed by atoms with Gasteiger partial charge in [0.1, 0.15) is 0 Å². The van der Waals surface area contributed by atoms with Gasteiger partial charge in [0.25, 0.3) is 0 Å². The summed E-state index contributed by atoms with van der Waals surface area (Å²) in [4.78, 5) is 7.76. The van der Waals surface area contributed by atoms with Crippen LogP contribution in [-0.4, -0.2) is 67.6 Å². The maximum absolute atomic E-state index is 2.68. The fraction of sp³-hybridized carbons (Fsp3) is 0.684. The summed E-state index contributed by atoms with van der Waals surface area (Å²) in [7, 11) is 2.24. The molecule has 0 spiro atoms. The quantitative estimate of drug-likeness (QED) is 0.846. The average Bonchev–Trinajstić information content (AvgIpc) is 2.52. The van der Waals surface area contributed by atoms with Gasteiger partial charge in [-0.25, -0.2) is 0 Å². The Labute approximate surface area is 135 Å². The Balaban J connectivity index is 1.40. The van der Waals surface area contributed by atoms with Gasteiger partial charge in [0.15, 0.2) is 0 Å². The minimum absolute atomic E-state index is 0.914. The summed E-state index contributed by atoms with van der Waals surface area (Å²) < 4.78 is 0. The highest BCUT2D eigenvalue weighted by atomic mass is 15.2. The molecule has 0 aliphatic carbocycles. The molecule has 0 saturated carbocycles. The molecule has 0 aromatic heterocycles. The predicted molar refractivity (Wildman–Crippen MR) is 93.1 cm³/mol. The maximum atomic E-state index is 2.68. The lowest BCUT2D eigenvalue weighted by Crippen LogP contribution is -2.47.